The lowest BCUT2D eigenvalue weighted by Crippen LogP contribution is -2.47. The van der Waals surface area contributed by atoms with Crippen molar-refractivity contribution in [2.45, 2.75) is 4.90 Å². The van der Waals surface area contributed by atoms with Gasteiger partial charge in [0, 0.05) is 31.7 Å². The lowest BCUT2D eigenvalue weighted by atomic mass is 10.1. The van der Waals surface area contributed by atoms with Crippen molar-refractivity contribution < 1.29 is 22.7 Å². The molecule has 1 N–H and O–H groups in total. The number of ether oxygens (including phenoxy) is 1. The summed E-state index contributed by atoms with van der Waals surface area (Å²) in [6.07, 6.45) is 0. The fraction of sp³-hybridized carbons (Fsp3) is 0.300. The standard InChI is InChI=1S/C20H23N3O5S/c1-22-10-12-23(13-11-22)29(26,27)16-7-5-6-15(14-16)19(24)21-18-9-4-3-8-17(18)20(25)28-2/h3-9,14H,10-13H2,1-2H3,(H,21,24). The molecular formula is C20H23N3O5S. The Morgan fingerprint density at radius 1 is 1.00 bits per heavy atom. The highest BCUT2D eigenvalue weighted by molar-refractivity contribution is 7.89. The van der Waals surface area contributed by atoms with Crippen LogP contribution in [0.25, 0.3) is 0 Å². The second-order valence-electron chi connectivity index (χ2n) is 6.73. The number of amides is 1. The fourth-order valence-electron chi connectivity index (χ4n) is 3.05. The van der Waals surface area contributed by atoms with Crippen LogP contribution in [0.2, 0.25) is 0 Å². The number of sulfonamides is 1. The van der Waals surface area contributed by atoms with Gasteiger partial charge in [-0.25, -0.2) is 13.2 Å². The number of hydrogen-bond acceptors (Lipinski definition) is 6. The molecule has 1 heterocycles. The van der Waals surface area contributed by atoms with Gasteiger partial charge in [-0.1, -0.05) is 18.2 Å². The maximum atomic E-state index is 12.9. The number of carbonyl (C=O) groups excluding carboxylic acids is 2. The molecule has 0 radical (unpaired) electrons. The Bertz CT molecular complexity index is 1010. The average Bonchev–Trinajstić information content (AvgIpc) is 2.74. The number of methoxy groups -OCH3 is 1. The highest BCUT2D eigenvalue weighted by Crippen LogP contribution is 2.21. The van der Waals surface area contributed by atoms with Gasteiger partial charge in [0.1, 0.15) is 0 Å². The minimum Gasteiger partial charge on any atom is -0.465 e. The van der Waals surface area contributed by atoms with Crippen LogP contribution in [0.1, 0.15) is 20.7 Å². The zero-order chi connectivity index (χ0) is 21.0. The van der Waals surface area contributed by atoms with E-state index in [1.807, 2.05) is 7.05 Å². The van der Waals surface area contributed by atoms with Crippen molar-refractivity contribution in [1.29, 1.82) is 0 Å². The van der Waals surface area contributed by atoms with Gasteiger partial charge >= 0.3 is 5.97 Å². The number of likely N-dealkylation sites (N-methyl/N-ethyl adjacent to an activating group) is 1. The van der Waals surface area contributed by atoms with Gasteiger partial charge in [-0.05, 0) is 37.4 Å². The van der Waals surface area contributed by atoms with E-state index >= 15 is 0 Å². The van der Waals surface area contributed by atoms with E-state index in [0.717, 1.165) is 0 Å². The van der Waals surface area contributed by atoms with E-state index in [2.05, 4.69) is 10.2 Å². The highest BCUT2D eigenvalue weighted by atomic mass is 32.2. The zero-order valence-electron chi connectivity index (χ0n) is 16.3. The van der Waals surface area contributed by atoms with Crippen LogP contribution in [0, 0.1) is 0 Å². The average molecular weight is 417 g/mol. The van der Waals surface area contributed by atoms with Gasteiger partial charge in [0.2, 0.25) is 10.0 Å². The van der Waals surface area contributed by atoms with Gasteiger partial charge in [0.15, 0.2) is 0 Å². The molecule has 0 spiro atoms. The molecule has 1 amide bonds. The van der Waals surface area contributed by atoms with Gasteiger partial charge in [-0.15, -0.1) is 0 Å². The molecule has 2 aromatic carbocycles. The molecule has 1 saturated heterocycles. The fourth-order valence-corrected chi connectivity index (χ4v) is 4.52. The van der Waals surface area contributed by atoms with Gasteiger partial charge in [0.05, 0.1) is 23.3 Å². The third-order valence-corrected chi connectivity index (χ3v) is 6.67. The summed E-state index contributed by atoms with van der Waals surface area (Å²) in [7, 11) is -0.484. The van der Waals surface area contributed by atoms with Crippen LogP contribution in [-0.2, 0) is 14.8 Å². The van der Waals surface area contributed by atoms with Gasteiger partial charge < -0.3 is 15.0 Å². The minimum absolute atomic E-state index is 0.0657. The van der Waals surface area contributed by atoms with Crippen molar-refractivity contribution >= 4 is 27.6 Å². The smallest absolute Gasteiger partial charge is 0.339 e. The largest absolute Gasteiger partial charge is 0.465 e. The Kier molecular flexibility index (Phi) is 6.31. The molecule has 9 heteroatoms. The summed E-state index contributed by atoms with van der Waals surface area (Å²) in [6.45, 7) is 2.12. The van der Waals surface area contributed by atoms with Crippen molar-refractivity contribution in [3.8, 4) is 0 Å². The van der Waals surface area contributed by atoms with E-state index in [-0.39, 0.29) is 21.7 Å². The second-order valence-corrected chi connectivity index (χ2v) is 8.66. The molecule has 29 heavy (non-hydrogen) atoms. The summed E-state index contributed by atoms with van der Waals surface area (Å²) in [6, 6.07) is 12.3. The summed E-state index contributed by atoms with van der Waals surface area (Å²) >= 11 is 0. The predicted molar refractivity (Wildman–Crippen MR) is 108 cm³/mol. The summed E-state index contributed by atoms with van der Waals surface area (Å²) < 4.78 is 32.0. The summed E-state index contributed by atoms with van der Waals surface area (Å²) in [5.74, 6) is -1.09. The molecule has 0 bridgehead atoms. The van der Waals surface area contributed by atoms with Gasteiger partial charge in [0.25, 0.3) is 5.91 Å². The Balaban J connectivity index is 1.83. The molecule has 3 rings (SSSR count). The number of carbonyl (C=O) groups is 2. The van der Waals surface area contributed by atoms with Crippen molar-refractivity contribution in [2.75, 3.05) is 45.7 Å². The zero-order valence-corrected chi connectivity index (χ0v) is 17.1. The third-order valence-electron chi connectivity index (χ3n) is 4.78. The molecule has 1 fully saturated rings. The van der Waals surface area contributed by atoms with E-state index in [1.54, 1.807) is 18.2 Å². The molecule has 0 aliphatic carbocycles. The number of hydrogen-bond donors (Lipinski definition) is 1. The molecule has 0 aromatic heterocycles. The SMILES string of the molecule is COC(=O)c1ccccc1NC(=O)c1cccc(S(=O)(=O)N2CCN(C)CC2)c1. The number of benzene rings is 2. The number of rotatable bonds is 5. The van der Waals surface area contributed by atoms with Gasteiger partial charge in [-0.2, -0.15) is 4.31 Å². The van der Waals surface area contributed by atoms with Crippen molar-refractivity contribution in [1.82, 2.24) is 9.21 Å². The number of nitrogens with one attached hydrogen (secondary N) is 1. The molecule has 0 saturated carbocycles. The van der Waals surface area contributed by atoms with Crippen molar-refractivity contribution in [2.24, 2.45) is 0 Å². The number of esters is 1. The van der Waals surface area contributed by atoms with Crippen LogP contribution < -0.4 is 5.32 Å². The van der Waals surface area contributed by atoms with Gasteiger partial charge in [-0.3, -0.25) is 4.79 Å². The van der Waals surface area contributed by atoms with E-state index in [1.165, 1.54) is 41.7 Å². The predicted octanol–water partition coefficient (Wildman–Crippen LogP) is 1.66. The molecule has 2 aromatic rings. The van der Waals surface area contributed by atoms with Crippen LogP contribution in [0.15, 0.2) is 53.4 Å². The Morgan fingerprint density at radius 2 is 1.69 bits per heavy atom. The number of anilines is 1. The summed E-state index contributed by atoms with van der Waals surface area (Å²) in [5, 5.41) is 2.65. The minimum atomic E-state index is -3.69. The first-order valence-electron chi connectivity index (χ1n) is 9.10. The Morgan fingerprint density at radius 3 is 2.38 bits per heavy atom. The normalized spacial score (nSPS) is 15.7. The topological polar surface area (TPSA) is 96.0 Å². The molecule has 1 aliphatic rings. The first-order valence-corrected chi connectivity index (χ1v) is 10.5. The number of para-hydroxylation sites is 1. The maximum absolute atomic E-state index is 12.9. The first kappa shape index (κ1) is 21.0. The monoisotopic (exact) mass is 417 g/mol. The Hall–Kier alpha value is -2.75. The molecule has 8 nitrogen and oxygen atoms in total. The quantitative estimate of drug-likeness (QED) is 0.744. The number of piperazine rings is 1. The summed E-state index contributed by atoms with van der Waals surface area (Å²) in [5.41, 5.74) is 0.682. The van der Waals surface area contributed by atoms with E-state index in [4.69, 9.17) is 4.74 Å². The van der Waals surface area contributed by atoms with Crippen LogP contribution >= 0.6 is 0 Å². The van der Waals surface area contributed by atoms with E-state index < -0.39 is 21.9 Å². The lowest BCUT2D eigenvalue weighted by molar-refractivity contribution is 0.0602. The van der Waals surface area contributed by atoms with Crippen LogP contribution in [0.5, 0.6) is 0 Å². The van der Waals surface area contributed by atoms with E-state index in [0.29, 0.717) is 26.2 Å². The first-order chi connectivity index (χ1) is 13.8. The number of nitrogens with zero attached hydrogens (tertiary/aromatic N) is 2. The van der Waals surface area contributed by atoms with Crippen LogP contribution in [0.3, 0.4) is 0 Å². The maximum Gasteiger partial charge on any atom is 0.339 e. The molecular weight excluding hydrogens is 394 g/mol. The van der Waals surface area contributed by atoms with Crippen LogP contribution in [-0.4, -0.2) is 69.8 Å². The molecule has 154 valence electrons. The van der Waals surface area contributed by atoms with E-state index in [9.17, 15) is 18.0 Å². The molecule has 1 aliphatic heterocycles. The highest BCUT2D eigenvalue weighted by Gasteiger charge is 2.28. The third kappa shape index (κ3) is 4.64. The summed E-state index contributed by atoms with van der Waals surface area (Å²) in [4.78, 5) is 26.7. The molecule has 0 atom stereocenters. The van der Waals surface area contributed by atoms with Crippen LogP contribution in [0.4, 0.5) is 5.69 Å². The van der Waals surface area contributed by atoms with Crippen molar-refractivity contribution in [3.05, 3.63) is 59.7 Å². The van der Waals surface area contributed by atoms with Crippen molar-refractivity contribution in [3.63, 3.8) is 0 Å². The second kappa shape index (κ2) is 8.73. The molecule has 0 unspecified atom stereocenters. The Labute approximate surface area is 170 Å². The lowest BCUT2D eigenvalue weighted by Gasteiger charge is -2.31.